The molecule has 1 aromatic carbocycles. The number of allylic oxidation sites excluding steroid dienone is 1. The number of esters is 1. The summed E-state index contributed by atoms with van der Waals surface area (Å²) in [7, 11) is 2.76. The van der Waals surface area contributed by atoms with E-state index in [9.17, 15) is 38.0 Å². The van der Waals surface area contributed by atoms with Gasteiger partial charge in [-0.15, -0.1) is 0 Å². The molecule has 0 radical (unpaired) electrons. The van der Waals surface area contributed by atoms with Crippen LogP contribution in [0.4, 0.5) is 4.39 Å². The predicted octanol–water partition coefficient (Wildman–Crippen LogP) is 2.92. The highest BCUT2D eigenvalue weighted by molar-refractivity contribution is 5.96. The summed E-state index contributed by atoms with van der Waals surface area (Å²) >= 11 is 0. The van der Waals surface area contributed by atoms with Gasteiger partial charge in [-0.1, -0.05) is 70.9 Å². The molecule has 6 amide bonds. The zero-order valence-corrected chi connectivity index (χ0v) is 37.4. The monoisotopic (exact) mass is 842 g/mol. The Hall–Kier alpha value is -5.12. The number of carbonyl (C=O) groups is 7. The van der Waals surface area contributed by atoms with E-state index in [-0.39, 0.29) is 42.6 Å². The molecule has 1 aliphatic heterocycles. The van der Waals surface area contributed by atoms with Gasteiger partial charge < -0.3 is 41.5 Å². The van der Waals surface area contributed by atoms with Crippen molar-refractivity contribution in [3.05, 3.63) is 58.9 Å². The zero-order chi connectivity index (χ0) is 45.6. The largest absolute Gasteiger partial charge is 0.449 e. The van der Waals surface area contributed by atoms with E-state index in [1.54, 1.807) is 19.9 Å². The molecule has 0 fully saturated rings. The minimum Gasteiger partial charge on any atom is -0.449 e. The molecule has 1 aromatic rings. The van der Waals surface area contributed by atoms with Gasteiger partial charge in [-0.25, -0.2) is 9.18 Å². The quantitative estimate of drug-likeness (QED) is 0.202. The summed E-state index contributed by atoms with van der Waals surface area (Å²) in [6, 6.07) is -0.175. The van der Waals surface area contributed by atoms with Gasteiger partial charge in [-0.3, -0.25) is 28.8 Å². The molecule has 60 heavy (non-hydrogen) atoms. The van der Waals surface area contributed by atoms with Gasteiger partial charge >= 0.3 is 5.97 Å². The van der Waals surface area contributed by atoms with Crippen LogP contribution in [-0.2, 0) is 44.7 Å². The standard InChI is InChI=1S/C44H68FN7O8/c1-13-25(5)37-28(8)33(46)20-15-27(7)44(59)60-35(21-24(3)4)40(55)48-30(10)42(57)52(12)34(22-31-16-18-32(45)19-17-31)43(58)51(11)23-36(53)49-38(26(6)14-2)41(56)47-29(9)39(54)50-37/h13,15-19,24,26,28-30,33-35,37-38H,14,20-23,46H2,1-12H3,(H,47,56)(H,48,55)(H,49,53)(H,50,54)/b25-13+,27-15+/t26?,28-,29+,30-,33-,34+,35+,37+,38-/m0/s1. The van der Waals surface area contributed by atoms with Crippen LogP contribution in [-0.4, -0.2) is 114 Å². The number of rotatable bonds is 7. The van der Waals surface area contributed by atoms with Crippen molar-refractivity contribution in [3.63, 3.8) is 0 Å². The number of hydrogen-bond acceptors (Lipinski definition) is 9. The van der Waals surface area contributed by atoms with Crippen molar-refractivity contribution in [2.45, 2.75) is 137 Å². The number of nitrogens with one attached hydrogen (secondary N) is 4. The topological polar surface area (TPSA) is 209 Å². The Morgan fingerprint density at radius 2 is 1.50 bits per heavy atom. The summed E-state index contributed by atoms with van der Waals surface area (Å²) in [4.78, 5) is 98.2. The third kappa shape index (κ3) is 14.9. The highest BCUT2D eigenvalue weighted by Crippen LogP contribution is 2.20. The van der Waals surface area contributed by atoms with Crippen molar-refractivity contribution < 1.29 is 42.7 Å². The number of carbonyl (C=O) groups excluding carboxylic acids is 7. The van der Waals surface area contributed by atoms with Crippen molar-refractivity contribution in [2.75, 3.05) is 20.6 Å². The second-order valence-electron chi connectivity index (χ2n) is 16.6. The first kappa shape index (κ1) is 51.0. The molecule has 16 heteroatoms. The van der Waals surface area contributed by atoms with Crippen LogP contribution in [0.25, 0.3) is 0 Å². The number of nitrogens with zero attached hydrogens (tertiary/aromatic N) is 2. The van der Waals surface area contributed by atoms with E-state index in [1.165, 1.54) is 52.2 Å². The van der Waals surface area contributed by atoms with Crippen LogP contribution in [0.2, 0.25) is 0 Å². The van der Waals surface area contributed by atoms with Crippen molar-refractivity contribution in [2.24, 2.45) is 23.5 Å². The van der Waals surface area contributed by atoms with Crippen LogP contribution < -0.4 is 27.0 Å². The van der Waals surface area contributed by atoms with E-state index in [2.05, 4.69) is 21.3 Å². The van der Waals surface area contributed by atoms with Crippen LogP contribution >= 0.6 is 0 Å². The van der Waals surface area contributed by atoms with Gasteiger partial charge in [0.15, 0.2) is 6.10 Å². The molecule has 6 N–H and O–H groups in total. The van der Waals surface area contributed by atoms with Gasteiger partial charge in [-0.2, -0.15) is 0 Å². The molecular weight excluding hydrogens is 774 g/mol. The highest BCUT2D eigenvalue weighted by atomic mass is 19.1. The minimum absolute atomic E-state index is 0.0676. The number of amides is 6. The summed E-state index contributed by atoms with van der Waals surface area (Å²) in [5, 5.41) is 11.1. The van der Waals surface area contributed by atoms with Crippen molar-refractivity contribution >= 4 is 41.4 Å². The summed E-state index contributed by atoms with van der Waals surface area (Å²) in [6.45, 7) is 16.9. The number of ether oxygens (including phenoxy) is 1. The number of benzene rings is 1. The summed E-state index contributed by atoms with van der Waals surface area (Å²) in [5.74, 6) is -5.80. The van der Waals surface area contributed by atoms with Crippen LogP contribution in [0.5, 0.6) is 0 Å². The van der Waals surface area contributed by atoms with Gasteiger partial charge in [0.05, 0.1) is 12.6 Å². The molecule has 0 aromatic heterocycles. The third-order valence-corrected chi connectivity index (χ3v) is 11.2. The zero-order valence-electron chi connectivity index (χ0n) is 37.4. The second-order valence-corrected chi connectivity index (χ2v) is 16.6. The Kier molecular flexibility index (Phi) is 20.1. The summed E-state index contributed by atoms with van der Waals surface area (Å²) < 4.78 is 19.5. The van der Waals surface area contributed by atoms with E-state index in [0.717, 1.165) is 15.4 Å². The molecule has 0 spiro atoms. The van der Waals surface area contributed by atoms with Gasteiger partial charge in [0, 0.05) is 32.1 Å². The molecule has 0 saturated carbocycles. The first-order valence-electron chi connectivity index (χ1n) is 20.7. The van der Waals surface area contributed by atoms with Crippen LogP contribution in [0, 0.1) is 23.6 Å². The van der Waals surface area contributed by atoms with Crippen LogP contribution in [0.3, 0.4) is 0 Å². The maximum Gasteiger partial charge on any atom is 0.334 e. The Labute approximate surface area is 354 Å². The lowest BCUT2D eigenvalue weighted by Gasteiger charge is -2.33. The Morgan fingerprint density at radius 3 is 2.07 bits per heavy atom. The Balaban J connectivity index is 2.63. The average molecular weight is 842 g/mol. The van der Waals surface area contributed by atoms with Gasteiger partial charge in [0.2, 0.25) is 29.5 Å². The van der Waals surface area contributed by atoms with Gasteiger partial charge in [0.1, 0.15) is 30.0 Å². The SMILES string of the molecule is C/C=C(\C)[C@H]1NC(=O)[C@@H](C)NC(=O)[C@H](C(C)CC)NC(=O)CN(C)C(=O)[C@@H](Cc2ccc(F)cc2)N(C)C(=O)[C@H](C)NC(=O)[C@@H](CC(C)C)OC(=O)/C(C)=C/C[C@H](N)[C@@H]1C. The van der Waals surface area contributed by atoms with Crippen molar-refractivity contribution in [1.82, 2.24) is 31.1 Å². The number of nitrogens with two attached hydrogens (primary N) is 1. The molecule has 1 unspecified atom stereocenters. The van der Waals surface area contributed by atoms with E-state index < -0.39 is 96.1 Å². The first-order chi connectivity index (χ1) is 28.0. The van der Waals surface area contributed by atoms with Crippen LogP contribution in [0.15, 0.2) is 47.6 Å². The average Bonchev–Trinajstić information content (AvgIpc) is 3.20. The number of halogens is 1. The Morgan fingerprint density at radius 1 is 0.900 bits per heavy atom. The maximum atomic E-state index is 14.1. The maximum absolute atomic E-state index is 14.1. The molecular formula is C44H68FN7O8. The summed E-state index contributed by atoms with van der Waals surface area (Å²) in [5.41, 5.74) is 8.18. The molecule has 9 atom stereocenters. The normalized spacial score (nSPS) is 28.6. The van der Waals surface area contributed by atoms with Crippen molar-refractivity contribution in [1.29, 1.82) is 0 Å². The smallest absolute Gasteiger partial charge is 0.334 e. The molecule has 1 heterocycles. The molecule has 1 aliphatic rings. The number of likely N-dealkylation sites (N-methyl/N-ethyl adjacent to an activating group) is 2. The van der Waals surface area contributed by atoms with E-state index in [4.69, 9.17) is 10.5 Å². The second kappa shape index (κ2) is 23.6. The number of cyclic esters (lactones) is 1. The van der Waals surface area contributed by atoms with Crippen molar-refractivity contribution in [3.8, 4) is 0 Å². The molecule has 0 bridgehead atoms. The first-order valence-corrected chi connectivity index (χ1v) is 20.7. The van der Waals surface area contributed by atoms with E-state index in [0.29, 0.717) is 12.0 Å². The third-order valence-electron chi connectivity index (χ3n) is 11.2. The number of hydrogen-bond donors (Lipinski definition) is 5. The van der Waals surface area contributed by atoms with E-state index >= 15 is 0 Å². The Bertz CT molecular complexity index is 1750. The lowest BCUT2D eigenvalue weighted by molar-refractivity contribution is -0.154. The fraction of sp³-hybridized carbons (Fsp3) is 0.614. The lowest BCUT2D eigenvalue weighted by atomic mass is 9.87. The predicted molar refractivity (Wildman–Crippen MR) is 227 cm³/mol. The van der Waals surface area contributed by atoms with Gasteiger partial charge in [-0.05, 0) is 82.9 Å². The summed E-state index contributed by atoms with van der Waals surface area (Å²) in [6.07, 6.45) is 3.01. The van der Waals surface area contributed by atoms with Gasteiger partial charge in [0.25, 0.3) is 5.91 Å². The minimum atomic E-state index is -1.26. The van der Waals surface area contributed by atoms with Crippen LogP contribution in [0.1, 0.15) is 94.1 Å². The molecule has 0 saturated heterocycles. The fourth-order valence-corrected chi connectivity index (χ4v) is 6.73. The molecule has 15 nitrogen and oxygen atoms in total. The molecule has 334 valence electrons. The fourth-order valence-electron chi connectivity index (χ4n) is 6.73. The van der Waals surface area contributed by atoms with E-state index in [1.807, 2.05) is 47.6 Å². The lowest BCUT2D eigenvalue weighted by Crippen LogP contribution is -2.58. The molecule has 2 rings (SSSR count). The highest BCUT2D eigenvalue weighted by Gasteiger charge is 2.36. The molecule has 0 aliphatic carbocycles.